The molecule has 0 aliphatic carbocycles. The Hall–Kier alpha value is -2.82. The lowest BCUT2D eigenvalue weighted by Crippen LogP contribution is -2.39. The number of aryl methyl sites for hydroxylation is 1. The van der Waals surface area contributed by atoms with Crippen molar-refractivity contribution in [1.29, 1.82) is 0 Å². The van der Waals surface area contributed by atoms with E-state index in [2.05, 4.69) is 81.2 Å². The number of nitrogens with one attached hydrogen (secondary N) is 1. The van der Waals surface area contributed by atoms with E-state index in [1.807, 2.05) is 19.2 Å². The number of hydrogen-bond donors (Lipinski definition) is 1. The lowest BCUT2D eigenvalue weighted by Gasteiger charge is -2.22. The molecule has 5 nitrogen and oxygen atoms in total. The molecule has 130 valence electrons. The van der Waals surface area contributed by atoms with Crippen LogP contribution in [0.1, 0.15) is 11.4 Å². The van der Waals surface area contributed by atoms with Crippen molar-refractivity contribution in [2.75, 3.05) is 20.6 Å². The van der Waals surface area contributed by atoms with Crippen LogP contribution in [0, 0.1) is 6.92 Å². The third kappa shape index (κ3) is 3.99. The van der Waals surface area contributed by atoms with Gasteiger partial charge in [-0.1, -0.05) is 42.5 Å². The SMILES string of the molecule is CN=C(NCCn1c(C)nc2ccccc21)N(C)Cc1ccccc1. The number of benzene rings is 2. The Morgan fingerprint density at radius 1 is 1.12 bits per heavy atom. The van der Waals surface area contributed by atoms with Gasteiger partial charge in [0, 0.05) is 33.7 Å². The molecule has 0 aliphatic rings. The molecule has 0 saturated carbocycles. The molecule has 0 radical (unpaired) electrons. The van der Waals surface area contributed by atoms with Crippen molar-refractivity contribution in [2.24, 2.45) is 4.99 Å². The molecule has 0 aliphatic heterocycles. The van der Waals surface area contributed by atoms with Gasteiger partial charge in [0.1, 0.15) is 5.82 Å². The van der Waals surface area contributed by atoms with Gasteiger partial charge in [0.05, 0.1) is 11.0 Å². The summed E-state index contributed by atoms with van der Waals surface area (Å²) in [6.45, 7) is 4.53. The maximum Gasteiger partial charge on any atom is 0.193 e. The number of aliphatic imine (C=N–C) groups is 1. The van der Waals surface area contributed by atoms with Gasteiger partial charge in [-0.15, -0.1) is 0 Å². The molecule has 25 heavy (non-hydrogen) atoms. The second-order valence-electron chi connectivity index (χ2n) is 6.12. The van der Waals surface area contributed by atoms with Crippen molar-refractivity contribution in [3.63, 3.8) is 0 Å². The molecule has 2 aromatic carbocycles. The Labute approximate surface area is 149 Å². The third-order valence-electron chi connectivity index (χ3n) is 4.30. The fraction of sp³-hybridized carbons (Fsp3) is 0.300. The van der Waals surface area contributed by atoms with Crippen LogP contribution in [0.2, 0.25) is 0 Å². The summed E-state index contributed by atoms with van der Waals surface area (Å²) >= 11 is 0. The molecule has 0 saturated heterocycles. The number of hydrogen-bond acceptors (Lipinski definition) is 2. The minimum Gasteiger partial charge on any atom is -0.354 e. The Morgan fingerprint density at radius 3 is 2.60 bits per heavy atom. The van der Waals surface area contributed by atoms with Gasteiger partial charge in [0.2, 0.25) is 0 Å². The van der Waals surface area contributed by atoms with Crippen molar-refractivity contribution in [1.82, 2.24) is 19.8 Å². The van der Waals surface area contributed by atoms with Crippen LogP contribution in [-0.4, -0.2) is 41.1 Å². The van der Waals surface area contributed by atoms with E-state index in [1.54, 1.807) is 0 Å². The molecular weight excluding hydrogens is 310 g/mol. The van der Waals surface area contributed by atoms with Crippen molar-refractivity contribution in [2.45, 2.75) is 20.0 Å². The van der Waals surface area contributed by atoms with Crippen LogP contribution in [0.25, 0.3) is 11.0 Å². The predicted octanol–water partition coefficient (Wildman–Crippen LogP) is 3.05. The second-order valence-corrected chi connectivity index (χ2v) is 6.12. The van der Waals surface area contributed by atoms with Crippen molar-refractivity contribution in [3.8, 4) is 0 Å². The zero-order valence-corrected chi connectivity index (χ0v) is 15.1. The standard InChI is InChI=1S/C20H25N5/c1-16-23-18-11-7-8-12-19(18)25(16)14-13-22-20(21-2)24(3)15-17-9-5-4-6-10-17/h4-12H,13-15H2,1-3H3,(H,21,22). The molecule has 1 N–H and O–H groups in total. The number of guanidine groups is 1. The Bertz CT molecular complexity index is 851. The summed E-state index contributed by atoms with van der Waals surface area (Å²) in [5, 5.41) is 3.45. The minimum atomic E-state index is 0.799. The highest BCUT2D eigenvalue weighted by atomic mass is 15.3. The first-order valence-electron chi connectivity index (χ1n) is 8.56. The van der Waals surface area contributed by atoms with E-state index in [1.165, 1.54) is 11.1 Å². The average molecular weight is 335 g/mol. The molecule has 0 atom stereocenters. The maximum atomic E-state index is 4.62. The van der Waals surface area contributed by atoms with Crippen molar-refractivity contribution in [3.05, 3.63) is 66.0 Å². The third-order valence-corrected chi connectivity index (χ3v) is 4.30. The largest absolute Gasteiger partial charge is 0.354 e. The van der Waals surface area contributed by atoms with Gasteiger partial charge in [0.25, 0.3) is 0 Å². The lowest BCUT2D eigenvalue weighted by molar-refractivity contribution is 0.473. The summed E-state index contributed by atoms with van der Waals surface area (Å²) < 4.78 is 2.24. The van der Waals surface area contributed by atoms with Crippen molar-refractivity contribution >= 4 is 17.0 Å². The molecule has 0 bridgehead atoms. The first kappa shape index (κ1) is 17.0. The van der Waals surface area contributed by atoms with Crippen LogP contribution in [0.5, 0.6) is 0 Å². The molecule has 0 spiro atoms. The first-order chi connectivity index (χ1) is 12.2. The van der Waals surface area contributed by atoms with E-state index in [-0.39, 0.29) is 0 Å². The maximum absolute atomic E-state index is 4.62. The highest BCUT2D eigenvalue weighted by Gasteiger charge is 2.08. The Balaban J connectivity index is 1.60. The monoisotopic (exact) mass is 335 g/mol. The number of nitrogens with zero attached hydrogens (tertiary/aromatic N) is 4. The van der Waals surface area contributed by atoms with E-state index in [9.17, 15) is 0 Å². The molecule has 5 heteroatoms. The molecule has 1 aromatic heterocycles. The molecule has 3 rings (SSSR count). The fourth-order valence-electron chi connectivity index (χ4n) is 3.07. The highest BCUT2D eigenvalue weighted by molar-refractivity contribution is 5.79. The zero-order valence-electron chi connectivity index (χ0n) is 15.1. The lowest BCUT2D eigenvalue weighted by atomic mass is 10.2. The number of rotatable bonds is 5. The summed E-state index contributed by atoms with van der Waals surface area (Å²) in [5.41, 5.74) is 3.49. The summed E-state index contributed by atoms with van der Waals surface area (Å²) in [6, 6.07) is 18.7. The van der Waals surface area contributed by atoms with Crippen molar-refractivity contribution < 1.29 is 0 Å². The Morgan fingerprint density at radius 2 is 1.84 bits per heavy atom. The predicted molar refractivity (Wildman–Crippen MR) is 104 cm³/mol. The highest BCUT2D eigenvalue weighted by Crippen LogP contribution is 2.14. The zero-order chi connectivity index (χ0) is 17.6. The summed E-state index contributed by atoms with van der Waals surface area (Å²) in [6.07, 6.45) is 0. The fourth-order valence-corrected chi connectivity index (χ4v) is 3.07. The molecular formula is C20H25N5. The summed E-state index contributed by atoms with van der Waals surface area (Å²) in [4.78, 5) is 11.1. The number of aromatic nitrogens is 2. The van der Waals surface area contributed by atoms with E-state index in [0.29, 0.717) is 0 Å². The van der Waals surface area contributed by atoms with E-state index in [0.717, 1.165) is 36.9 Å². The van der Waals surface area contributed by atoms with E-state index in [4.69, 9.17) is 0 Å². The molecule has 1 heterocycles. The van der Waals surface area contributed by atoms with E-state index >= 15 is 0 Å². The number of imidazole rings is 1. The van der Waals surface area contributed by atoms with Crippen LogP contribution >= 0.6 is 0 Å². The smallest absolute Gasteiger partial charge is 0.193 e. The summed E-state index contributed by atoms with van der Waals surface area (Å²) in [5.74, 6) is 1.93. The first-order valence-corrected chi connectivity index (χ1v) is 8.56. The van der Waals surface area contributed by atoms with Gasteiger partial charge < -0.3 is 14.8 Å². The number of para-hydroxylation sites is 2. The van der Waals surface area contributed by atoms with Crippen LogP contribution in [0.4, 0.5) is 0 Å². The van der Waals surface area contributed by atoms with Gasteiger partial charge in [-0.05, 0) is 24.6 Å². The van der Waals surface area contributed by atoms with Crippen LogP contribution < -0.4 is 5.32 Å². The average Bonchev–Trinajstić information content (AvgIpc) is 2.95. The summed E-state index contributed by atoms with van der Waals surface area (Å²) in [7, 11) is 3.88. The van der Waals surface area contributed by atoms with E-state index < -0.39 is 0 Å². The second kappa shape index (κ2) is 7.83. The van der Waals surface area contributed by atoms with Gasteiger partial charge >= 0.3 is 0 Å². The van der Waals surface area contributed by atoms with Gasteiger partial charge in [-0.2, -0.15) is 0 Å². The normalized spacial score (nSPS) is 11.7. The number of fused-ring (bicyclic) bond motifs is 1. The van der Waals surface area contributed by atoms with Crippen LogP contribution in [0.15, 0.2) is 59.6 Å². The molecule has 0 amide bonds. The quantitative estimate of drug-likeness (QED) is 0.576. The van der Waals surface area contributed by atoms with Gasteiger partial charge in [0.15, 0.2) is 5.96 Å². The van der Waals surface area contributed by atoms with Gasteiger partial charge in [-0.25, -0.2) is 4.98 Å². The Kier molecular flexibility index (Phi) is 5.33. The molecule has 3 aromatic rings. The molecule has 0 unspecified atom stereocenters. The molecule has 0 fully saturated rings. The van der Waals surface area contributed by atoms with Crippen LogP contribution in [0.3, 0.4) is 0 Å². The topological polar surface area (TPSA) is 45.5 Å². The van der Waals surface area contributed by atoms with Crippen LogP contribution in [-0.2, 0) is 13.1 Å². The van der Waals surface area contributed by atoms with Gasteiger partial charge in [-0.3, -0.25) is 4.99 Å². The minimum absolute atomic E-state index is 0.799.